The molecule has 0 saturated heterocycles. The van der Waals surface area contributed by atoms with Crippen molar-refractivity contribution in [1.82, 2.24) is 10.2 Å². The predicted molar refractivity (Wildman–Crippen MR) is 173 cm³/mol. The number of hydrogen-bond acceptors (Lipinski definition) is 5. The largest absolute Gasteiger partial charge is 0.495 e. The van der Waals surface area contributed by atoms with Gasteiger partial charge in [0, 0.05) is 31.5 Å². The van der Waals surface area contributed by atoms with E-state index in [4.69, 9.17) is 16.3 Å². The Hall–Kier alpha value is -3.56. The molecule has 0 unspecified atom stereocenters. The number of hydrogen-bond donors (Lipinski definition) is 1. The van der Waals surface area contributed by atoms with Gasteiger partial charge in [-0.15, -0.1) is 0 Å². The minimum Gasteiger partial charge on any atom is -0.495 e. The molecule has 0 heterocycles. The van der Waals surface area contributed by atoms with Gasteiger partial charge in [-0.2, -0.15) is 0 Å². The molecule has 0 aromatic heterocycles. The first-order chi connectivity index (χ1) is 20.2. The molecule has 1 atom stereocenters. The Morgan fingerprint density at radius 1 is 0.977 bits per heavy atom. The first-order valence-electron chi connectivity index (χ1n) is 14.2. The molecule has 0 fully saturated rings. The number of sulfonamides is 1. The minimum atomic E-state index is -3.67. The molecule has 0 spiro atoms. The summed E-state index contributed by atoms with van der Waals surface area (Å²) in [4.78, 5) is 29.3. The van der Waals surface area contributed by atoms with Gasteiger partial charge in [-0.3, -0.25) is 13.9 Å². The second-order valence-electron chi connectivity index (χ2n) is 11.7. The maximum Gasteiger partial charge on any atom is 0.243 e. The van der Waals surface area contributed by atoms with Gasteiger partial charge in [-0.1, -0.05) is 71.8 Å². The van der Waals surface area contributed by atoms with Crippen molar-refractivity contribution in [1.29, 1.82) is 0 Å². The van der Waals surface area contributed by atoms with Crippen LogP contribution in [-0.4, -0.2) is 56.6 Å². The molecule has 232 valence electrons. The van der Waals surface area contributed by atoms with Crippen LogP contribution in [0.2, 0.25) is 5.02 Å². The number of carbonyl (C=O) groups excluding carboxylic acids is 2. The monoisotopic (exact) mass is 627 g/mol. The summed E-state index contributed by atoms with van der Waals surface area (Å²) >= 11 is 6.27. The van der Waals surface area contributed by atoms with Crippen molar-refractivity contribution >= 4 is 39.1 Å². The second kappa shape index (κ2) is 14.8. The molecule has 3 aromatic carbocycles. The molecule has 0 aliphatic rings. The Kier molecular flexibility index (Phi) is 11.6. The molecular weight excluding hydrogens is 586 g/mol. The van der Waals surface area contributed by atoms with Crippen molar-refractivity contribution in [2.24, 2.45) is 0 Å². The van der Waals surface area contributed by atoms with E-state index in [1.807, 2.05) is 82.3 Å². The highest BCUT2D eigenvalue weighted by Gasteiger charge is 2.32. The highest BCUT2D eigenvalue weighted by atomic mass is 35.5. The lowest BCUT2D eigenvalue weighted by Crippen LogP contribution is -2.54. The Labute approximate surface area is 261 Å². The van der Waals surface area contributed by atoms with Crippen LogP contribution in [0.3, 0.4) is 0 Å². The molecule has 3 rings (SSSR count). The normalized spacial score (nSPS) is 12.3. The van der Waals surface area contributed by atoms with E-state index in [0.717, 1.165) is 22.9 Å². The van der Waals surface area contributed by atoms with Crippen molar-refractivity contribution in [3.63, 3.8) is 0 Å². The van der Waals surface area contributed by atoms with Gasteiger partial charge in [-0.25, -0.2) is 8.42 Å². The first kappa shape index (κ1) is 33.9. The maximum atomic E-state index is 14.0. The van der Waals surface area contributed by atoms with Crippen LogP contribution in [0.15, 0.2) is 72.8 Å². The van der Waals surface area contributed by atoms with Crippen LogP contribution >= 0.6 is 11.6 Å². The third-order valence-corrected chi connectivity index (χ3v) is 8.27. The van der Waals surface area contributed by atoms with Crippen molar-refractivity contribution < 1.29 is 22.7 Å². The fourth-order valence-electron chi connectivity index (χ4n) is 4.83. The smallest absolute Gasteiger partial charge is 0.243 e. The van der Waals surface area contributed by atoms with E-state index in [9.17, 15) is 18.0 Å². The number of ether oxygens (including phenoxy) is 1. The van der Waals surface area contributed by atoms with Crippen molar-refractivity contribution in [3.05, 3.63) is 94.5 Å². The molecule has 0 radical (unpaired) electrons. The number of aryl methyl sites for hydroxylation is 1. The summed E-state index contributed by atoms with van der Waals surface area (Å²) in [6.07, 6.45) is 1.72. The Morgan fingerprint density at radius 3 is 2.23 bits per heavy atom. The molecule has 1 N–H and O–H groups in total. The van der Waals surface area contributed by atoms with E-state index in [2.05, 4.69) is 5.32 Å². The summed E-state index contributed by atoms with van der Waals surface area (Å²) in [5, 5.41) is 3.34. The van der Waals surface area contributed by atoms with E-state index in [1.54, 1.807) is 17.0 Å². The zero-order valence-corrected chi connectivity index (χ0v) is 27.3. The number of methoxy groups -OCH3 is 1. The van der Waals surface area contributed by atoms with Crippen molar-refractivity contribution in [3.8, 4) is 5.75 Å². The highest BCUT2D eigenvalue weighted by Crippen LogP contribution is 2.30. The summed E-state index contributed by atoms with van der Waals surface area (Å²) < 4.78 is 31.9. The molecule has 10 heteroatoms. The van der Waals surface area contributed by atoms with E-state index >= 15 is 0 Å². The van der Waals surface area contributed by atoms with Crippen LogP contribution in [-0.2, 0) is 32.6 Å². The number of nitrogens with zero attached hydrogens (tertiary/aromatic N) is 2. The second-order valence-corrected chi connectivity index (χ2v) is 14.0. The van der Waals surface area contributed by atoms with E-state index < -0.39 is 21.6 Å². The number of nitrogens with one attached hydrogen (secondary N) is 1. The van der Waals surface area contributed by atoms with E-state index in [0.29, 0.717) is 17.9 Å². The lowest BCUT2D eigenvalue weighted by atomic mass is 10.00. The zero-order valence-electron chi connectivity index (χ0n) is 25.8. The highest BCUT2D eigenvalue weighted by molar-refractivity contribution is 7.92. The van der Waals surface area contributed by atoms with Gasteiger partial charge in [-0.05, 0) is 63.4 Å². The summed E-state index contributed by atoms with van der Waals surface area (Å²) in [6.45, 7) is 7.99. The zero-order chi connectivity index (χ0) is 31.8. The minimum absolute atomic E-state index is 0.0375. The topological polar surface area (TPSA) is 96.0 Å². The van der Waals surface area contributed by atoms with Crippen molar-refractivity contribution in [2.45, 2.75) is 65.1 Å². The fraction of sp³-hybridized carbons (Fsp3) is 0.394. The summed E-state index contributed by atoms with van der Waals surface area (Å²) in [5.74, 6) is -0.0606. The van der Waals surface area contributed by atoms with Crippen LogP contribution < -0.4 is 14.4 Å². The van der Waals surface area contributed by atoms with Gasteiger partial charge in [0.25, 0.3) is 0 Å². The van der Waals surface area contributed by atoms with Gasteiger partial charge in [0.2, 0.25) is 21.8 Å². The van der Waals surface area contributed by atoms with Crippen LogP contribution in [0.1, 0.15) is 50.3 Å². The number of rotatable bonds is 13. The molecule has 0 bridgehead atoms. The van der Waals surface area contributed by atoms with Crippen molar-refractivity contribution in [2.75, 3.05) is 24.2 Å². The lowest BCUT2D eigenvalue weighted by Gasteiger charge is -2.34. The molecule has 0 aliphatic carbocycles. The molecule has 2 amide bonds. The van der Waals surface area contributed by atoms with E-state index in [1.165, 1.54) is 17.5 Å². The summed E-state index contributed by atoms with van der Waals surface area (Å²) in [6, 6.07) is 21.4. The molecule has 8 nitrogen and oxygen atoms in total. The molecular formula is C33H42ClN3O5S. The fourth-order valence-corrected chi connectivity index (χ4v) is 6.04. The third kappa shape index (κ3) is 10.3. The van der Waals surface area contributed by atoms with Gasteiger partial charge in [0.05, 0.1) is 24.1 Å². The number of benzene rings is 3. The number of amides is 2. The first-order valence-corrected chi connectivity index (χ1v) is 16.4. The Morgan fingerprint density at radius 2 is 1.65 bits per heavy atom. The molecule has 0 saturated carbocycles. The number of carbonyl (C=O) groups is 2. The van der Waals surface area contributed by atoms with Crippen LogP contribution in [0, 0.1) is 6.92 Å². The van der Waals surface area contributed by atoms with E-state index in [-0.39, 0.29) is 42.8 Å². The quantitative estimate of drug-likeness (QED) is 0.260. The van der Waals surface area contributed by atoms with Gasteiger partial charge in [0.1, 0.15) is 11.8 Å². The SMILES string of the molecule is COc1ccc(N(CCCC(=O)N(Cc2cccc(C)c2)[C@H](Cc2ccccc2)C(=O)NC(C)(C)C)S(C)(=O)=O)cc1Cl. The molecule has 0 aliphatic heterocycles. The molecule has 43 heavy (non-hydrogen) atoms. The Bertz CT molecular complexity index is 1510. The van der Waals surface area contributed by atoms with Gasteiger partial charge in [0.15, 0.2) is 0 Å². The number of anilines is 1. The average Bonchev–Trinajstić information content (AvgIpc) is 2.92. The summed E-state index contributed by atoms with van der Waals surface area (Å²) in [5.41, 5.74) is 2.76. The average molecular weight is 628 g/mol. The standard InChI is InChI=1S/C33H42ClN3O5S/c1-24-12-10-15-26(20-24)23-36(29(32(39)35-33(2,3)4)21-25-13-8-7-9-14-25)31(38)16-11-19-37(43(6,40)41)27-17-18-30(42-5)28(34)22-27/h7-10,12-15,17-18,20,22,29H,11,16,19,21,23H2,1-6H3,(H,35,39)/t29-/m1/s1. The summed E-state index contributed by atoms with van der Waals surface area (Å²) in [7, 11) is -2.19. The van der Waals surface area contributed by atoms with Gasteiger partial charge >= 0.3 is 0 Å². The van der Waals surface area contributed by atoms with Crippen LogP contribution in [0.5, 0.6) is 5.75 Å². The molecule has 3 aromatic rings. The predicted octanol–water partition coefficient (Wildman–Crippen LogP) is 5.76. The number of halogens is 1. The lowest BCUT2D eigenvalue weighted by molar-refractivity contribution is -0.142. The van der Waals surface area contributed by atoms with Gasteiger partial charge < -0.3 is 15.0 Å². The maximum absolute atomic E-state index is 14.0. The van der Waals surface area contributed by atoms with Crippen LogP contribution in [0.25, 0.3) is 0 Å². The van der Waals surface area contributed by atoms with Crippen LogP contribution in [0.4, 0.5) is 5.69 Å². The third-order valence-electron chi connectivity index (χ3n) is 6.78. The Balaban J connectivity index is 1.91.